The molecule has 1 aromatic heterocycles. The van der Waals surface area contributed by atoms with E-state index in [2.05, 4.69) is 15.0 Å². The van der Waals surface area contributed by atoms with Gasteiger partial charge in [-0.2, -0.15) is 5.10 Å². The Morgan fingerprint density at radius 3 is 2.30 bits per heavy atom. The van der Waals surface area contributed by atoms with Crippen LogP contribution in [0.25, 0.3) is 5.69 Å². The average Bonchev–Trinajstić information content (AvgIpc) is 3.32. The minimum atomic E-state index is -0.350. The van der Waals surface area contributed by atoms with E-state index in [1.54, 1.807) is 22.0 Å². The standard InChI is InChI=1S/C23H18ClN5O/c1-27-20-8-4-2-6-18(20)23(30)29(21-9-5-3-7-19(21)24)22(27)16-10-12-17(13-11-16)28-15-25-14-26-28/h2-15,22H,1H3. The molecule has 1 amide bonds. The third kappa shape index (κ3) is 2.93. The number of carbonyl (C=O) groups excluding carboxylic acids is 1. The Kier molecular flexibility index (Phi) is 4.48. The lowest BCUT2D eigenvalue weighted by Gasteiger charge is -2.44. The molecule has 0 aliphatic carbocycles. The first kappa shape index (κ1) is 18.4. The molecule has 0 bridgehead atoms. The van der Waals surface area contributed by atoms with Gasteiger partial charge in [0.1, 0.15) is 18.8 Å². The van der Waals surface area contributed by atoms with Gasteiger partial charge in [0.2, 0.25) is 0 Å². The van der Waals surface area contributed by atoms with E-state index >= 15 is 0 Å². The van der Waals surface area contributed by atoms with Gasteiger partial charge in [0, 0.05) is 7.05 Å². The van der Waals surface area contributed by atoms with Crippen LogP contribution in [0.1, 0.15) is 22.1 Å². The molecular weight excluding hydrogens is 398 g/mol. The van der Waals surface area contributed by atoms with E-state index in [0.717, 1.165) is 16.9 Å². The van der Waals surface area contributed by atoms with Gasteiger partial charge in [-0.1, -0.05) is 48.0 Å². The number of para-hydroxylation sites is 2. The fourth-order valence-electron chi connectivity index (χ4n) is 3.91. The fourth-order valence-corrected chi connectivity index (χ4v) is 4.14. The van der Waals surface area contributed by atoms with Crippen molar-refractivity contribution < 1.29 is 4.79 Å². The maximum absolute atomic E-state index is 13.6. The van der Waals surface area contributed by atoms with E-state index < -0.39 is 0 Å². The summed E-state index contributed by atoms with van der Waals surface area (Å²) in [6, 6.07) is 23.0. The molecule has 6 nitrogen and oxygen atoms in total. The molecule has 0 fully saturated rings. The number of halogens is 1. The van der Waals surface area contributed by atoms with E-state index in [9.17, 15) is 4.79 Å². The Morgan fingerprint density at radius 1 is 0.900 bits per heavy atom. The number of hydrogen-bond acceptors (Lipinski definition) is 4. The number of amides is 1. The Hall–Kier alpha value is -3.64. The van der Waals surface area contributed by atoms with Gasteiger partial charge in [-0.05, 0) is 42.0 Å². The first-order chi connectivity index (χ1) is 14.6. The zero-order chi connectivity index (χ0) is 20.7. The lowest BCUT2D eigenvalue weighted by atomic mass is 10.0. The van der Waals surface area contributed by atoms with Gasteiger partial charge in [-0.15, -0.1) is 0 Å². The van der Waals surface area contributed by atoms with Crippen molar-refractivity contribution in [2.24, 2.45) is 0 Å². The molecule has 1 aliphatic rings. The highest BCUT2D eigenvalue weighted by Gasteiger charge is 2.38. The Morgan fingerprint density at radius 2 is 1.60 bits per heavy atom. The van der Waals surface area contributed by atoms with Crippen LogP contribution in [-0.4, -0.2) is 27.7 Å². The van der Waals surface area contributed by atoms with E-state index in [0.29, 0.717) is 16.3 Å². The number of hydrogen-bond donors (Lipinski definition) is 0. The second-order valence-corrected chi connectivity index (χ2v) is 7.47. The lowest BCUT2D eigenvalue weighted by molar-refractivity contribution is 0.0969. The molecule has 148 valence electrons. The van der Waals surface area contributed by atoms with E-state index in [-0.39, 0.29) is 12.1 Å². The predicted molar refractivity (Wildman–Crippen MR) is 117 cm³/mol. The molecule has 0 radical (unpaired) electrons. The summed E-state index contributed by atoms with van der Waals surface area (Å²) in [5, 5.41) is 4.70. The van der Waals surface area contributed by atoms with Gasteiger partial charge in [0.25, 0.3) is 5.91 Å². The van der Waals surface area contributed by atoms with Crippen molar-refractivity contribution in [1.82, 2.24) is 14.8 Å². The largest absolute Gasteiger partial charge is 0.349 e. The Balaban J connectivity index is 1.65. The Bertz CT molecular complexity index is 1210. The molecule has 0 saturated carbocycles. The highest BCUT2D eigenvalue weighted by Crippen LogP contribution is 2.42. The predicted octanol–water partition coefficient (Wildman–Crippen LogP) is 4.72. The fraction of sp³-hybridized carbons (Fsp3) is 0.0870. The van der Waals surface area contributed by atoms with Crippen molar-refractivity contribution >= 4 is 28.9 Å². The molecule has 3 aromatic carbocycles. The van der Waals surface area contributed by atoms with Crippen LogP contribution in [0.3, 0.4) is 0 Å². The summed E-state index contributed by atoms with van der Waals surface area (Å²) in [5.41, 5.74) is 4.07. The van der Waals surface area contributed by atoms with Crippen molar-refractivity contribution in [3.63, 3.8) is 0 Å². The number of fused-ring (bicyclic) bond motifs is 1. The second kappa shape index (κ2) is 7.31. The van der Waals surface area contributed by atoms with Crippen LogP contribution in [0.4, 0.5) is 11.4 Å². The molecule has 1 atom stereocenters. The third-order valence-electron chi connectivity index (χ3n) is 5.33. The van der Waals surface area contributed by atoms with Gasteiger partial charge in [-0.3, -0.25) is 9.69 Å². The summed E-state index contributed by atoms with van der Waals surface area (Å²) < 4.78 is 1.70. The quantitative estimate of drug-likeness (QED) is 0.486. The van der Waals surface area contributed by atoms with Crippen LogP contribution >= 0.6 is 11.6 Å². The van der Waals surface area contributed by atoms with Crippen LogP contribution in [0.2, 0.25) is 5.02 Å². The van der Waals surface area contributed by atoms with Crippen LogP contribution in [0.15, 0.2) is 85.5 Å². The highest BCUT2D eigenvalue weighted by atomic mass is 35.5. The monoisotopic (exact) mass is 415 g/mol. The normalized spacial score (nSPS) is 15.9. The number of carbonyl (C=O) groups is 1. The maximum Gasteiger partial charge on any atom is 0.262 e. The van der Waals surface area contributed by atoms with Gasteiger partial charge in [0.05, 0.1) is 27.6 Å². The molecule has 1 unspecified atom stereocenters. The Labute approximate surface area is 179 Å². The molecule has 5 rings (SSSR count). The molecule has 2 heterocycles. The number of rotatable bonds is 3. The molecule has 7 heteroatoms. The van der Waals surface area contributed by atoms with Gasteiger partial charge >= 0.3 is 0 Å². The van der Waals surface area contributed by atoms with Gasteiger partial charge < -0.3 is 4.90 Å². The van der Waals surface area contributed by atoms with Crippen LogP contribution in [-0.2, 0) is 0 Å². The topological polar surface area (TPSA) is 54.3 Å². The molecule has 0 saturated heterocycles. The molecule has 0 N–H and O–H groups in total. The smallest absolute Gasteiger partial charge is 0.262 e. The summed E-state index contributed by atoms with van der Waals surface area (Å²) >= 11 is 6.51. The number of nitrogens with zero attached hydrogens (tertiary/aromatic N) is 5. The average molecular weight is 416 g/mol. The molecular formula is C23H18ClN5O. The van der Waals surface area contributed by atoms with Crippen molar-refractivity contribution in [2.75, 3.05) is 16.8 Å². The lowest BCUT2D eigenvalue weighted by Crippen LogP contribution is -2.48. The summed E-state index contributed by atoms with van der Waals surface area (Å²) in [4.78, 5) is 21.4. The SMILES string of the molecule is CN1c2ccccc2C(=O)N(c2ccccc2Cl)C1c1ccc(-n2cncn2)cc1. The summed E-state index contributed by atoms with van der Waals surface area (Å²) in [7, 11) is 1.99. The minimum absolute atomic E-state index is 0.0813. The van der Waals surface area contributed by atoms with Gasteiger partial charge in [-0.25, -0.2) is 9.67 Å². The molecule has 30 heavy (non-hydrogen) atoms. The van der Waals surface area contributed by atoms with Crippen LogP contribution in [0.5, 0.6) is 0 Å². The van der Waals surface area contributed by atoms with Crippen molar-refractivity contribution in [3.05, 3.63) is 102 Å². The zero-order valence-electron chi connectivity index (χ0n) is 16.2. The second-order valence-electron chi connectivity index (χ2n) is 7.06. The van der Waals surface area contributed by atoms with E-state index in [1.807, 2.05) is 73.8 Å². The minimum Gasteiger partial charge on any atom is -0.349 e. The number of aromatic nitrogens is 3. The first-order valence-corrected chi connectivity index (χ1v) is 9.88. The van der Waals surface area contributed by atoms with Crippen LogP contribution in [0, 0.1) is 0 Å². The molecule has 0 spiro atoms. The van der Waals surface area contributed by atoms with E-state index in [4.69, 9.17) is 11.6 Å². The summed E-state index contributed by atoms with van der Waals surface area (Å²) in [6.07, 6.45) is 2.80. The van der Waals surface area contributed by atoms with Crippen molar-refractivity contribution in [3.8, 4) is 5.69 Å². The van der Waals surface area contributed by atoms with Crippen molar-refractivity contribution in [1.29, 1.82) is 0 Å². The zero-order valence-corrected chi connectivity index (χ0v) is 16.9. The van der Waals surface area contributed by atoms with Gasteiger partial charge in [0.15, 0.2) is 0 Å². The first-order valence-electron chi connectivity index (χ1n) is 9.50. The maximum atomic E-state index is 13.6. The number of benzene rings is 3. The number of anilines is 2. The summed E-state index contributed by atoms with van der Waals surface area (Å²) in [5.74, 6) is -0.0813. The van der Waals surface area contributed by atoms with Crippen molar-refractivity contribution in [2.45, 2.75) is 6.17 Å². The van der Waals surface area contributed by atoms with E-state index in [1.165, 1.54) is 6.33 Å². The van der Waals surface area contributed by atoms with Crippen LogP contribution < -0.4 is 9.80 Å². The summed E-state index contributed by atoms with van der Waals surface area (Å²) in [6.45, 7) is 0. The third-order valence-corrected chi connectivity index (χ3v) is 5.65. The molecule has 4 aromatic rings. The molecule has 1 aliphatic heterocycles. The highest BCUT2D eigenvalue weighted by molar-refractivity contribution is 6.34.